The lowest BCUT2D eigenvalue weighted by molar-refractivity contribution is -0.145. The van der Waals surface area contributed by atoms with Crippen LogP contribution in [0.5, 0.6) is 0 Å². The summed E-state index contributed by atoms with van der Waals surface area (Å²) < 4.78 is 9.47. The van der Waals surface area contributed by atoms with Crippen molar-refractivity contribution in [3.8, 4) is 0 Å². The van der Waals surface area contributed by atoms with E-state index in [2.05, 4.69) is 16.1 Å². The highest BCUT2D eigenvalue weighted by Crippen LogP contribution is 2.29. The minimum absolute atomic E-state index is 0.0482. The molecule has 0 spiro atoms. The molecule has 0 heterocycles. The second-order valence-corrected chi connectivity index (χ2v) is 6.72. The van der Waals surface area contributed by atoms with Crippen LogP contribution in [0.2, 0.25) is 0 Å². The Balaban J connectivity index is 1.94. The van der Waals surface area contributed by atoms with Gasteiger partial charge in [-0.3, -0.25) is 9.59 Å². The Morgan fingerprint density at radius 3 is 2.00 bits per heavy atom. The molecule has 0 aromatic heterocycles. The number of amides is 1. The molecule has 3 aromatic carbocycles. The quantitative estimate of drug-likeness (QED) is 0.493. The first-order valence-corrected chi connectivity index (χ1v) is 9.37. The van der Waals surface area contributed by atoms with Gasteiger partial charge in [0.1, 0.15) is 6.04 Å². The van der Waals surface area contributed by atoms with Crippen molar-refractivity contribution >= 4 is 39.4 Å². The van der Waals surface area contributed by atoms with Gasteiger partial charge in [-0.15, -0.1) is 0 Å². The van der Waals surface area contributed by atoms with E-state index in [-0.39, 0.29) is 19.3 Å². The molecule has 6 nitrogen and oxygen atoms in total. The van der Waals surface area contributed by atoms with Gasteiger partial charge < -0.3 is 14.8 Å². The third kappa shape index (κ3) is 4.71. The molecule has 0 saturated heterocycles. The highest BCUT2D eigenvalue weighted by Gasteiger charge is 2.24. The fourth-order valence-electron chi connectivity index (χ4n) is 3.45. The van der Waals surface area contributed by atoms with Crippen LogP contribution in [0.25, 0.3) is 21.5 Å². The lowest BCUT2D eigenvalue weighted by atomic mass is 9.92. The Morgan fingerprint density at radius 1 is 0.862 bits per heavy atom. The van der Waals surface area contributed by atoms with Crippen LogP contribution in [-0.4, -0.2) is 38.1 Å². The molecule has 0 fully saturated rings. The van der Waals surface area contributed by atoms with Gasteiger partial charge in [0.2, 0.25) is 5.91 Å². The van der Waals surface area contributed by atoms with E-state index in [0.717, 1.165) is 27.1 Å². The first kappa shape index (κ1) is 20.3. The van der Waals surface area contributed by atoms with E-state index in [0.29, 0.717) is 0 Å². The van der Waals surface area contributed by atoms with Crippen LogP contribution < -0.4 is 5.32 Å². The van der Waals surface area contributed by atoms with Gasteiger partial charge in [-0.2, -0.15) is 0 Å². The minimum atomic E-state index is -0.862. The Kier molecular flexibility index (Phi) is 6.44. The van der Waals surface area contributed by atoms with E-state index in [1.807, 2.05) is 48.5 Å². The zero-order valence-corrected chi connectivity index (χ0v) is 16.4. The second kappa shape index (κ2) is 9.19. The maximum atomic E-state index is 12.4. The molecule has 3 rings (SSSR count). The number of rotatable bonds is 7. The molecule has 0 aliphatic rings. The summed E-state index contributed by atoms with van der Waals surface area (Å²) in [6, 6.07) is 17.1. The van der Waals surface area contributed by atoms with E-state index in [9.17, 15) is 14.4 Å². The van der Waals surface area contributed by atoms with Gasteiger partial charge in [0.25, 0.3) is 0 Å². The third-order valence-corrected chi connectivity index (χ3v) is 4.90. The summed E-state index contributed by atoms with van der Waals surface area (Å²) in [5.41, 5.74) is 0.961. The van der Waals surface area contributed by atoms with Crippen molar-refractivity contribution in [1.82, 2.24) is 5.32 Å². The maximum absolute atomic E-state index is 12.4. The number of carbonyl (C=O) groups excluding carboxylic acids is 3. The Hall–Kier alpha value is -3.41. The SMILES string of the molecule is COC(=O)CCC(=O)N[C@H](Cc1c2ccccc2cc2ccccc12)C(=O)OC. The largest absolute Gasteiger partial charge is 0.469 e. The summed E-state index contributed by atoms with van der Waals surface area (Å²) in [5, 5.41) is 6.85. The highest BCUT2D eigenvalue weighted by atomic mass is 16.5. The summed E-state index contributed by atoms with van der Waals surface area (Å²) in [7, 11) is 2.56. The van der Waals surface area contributed by atoms with Crippen molar-refractivity contribution < 1.29 is 23.9 Å². The molecule has 0 bridgehead atoms. The lowest BCUT2D eigenvalue weighted by Gasteiger charge is -2.19. The van der Waals surface area contributed by atoms with Crippen LogP contribution in [0.15, 0.2) is 54.6 Å². The molecule has 29 heavy (non-hydrogen) atoms. The van der Waals surface area contributed by atoms with Crippen molar-refractivity contribution in [2.24, 2.45) is 0 Å². The smallest absolute Gasteiger partial charge is 0.328 e. The monoisotopic (exact) mass is 393 g/mol. The zero-order chi connectivity index (χ0) is 20.8. The van der Waals surface area contributed by atoms with Crippen LogP contribution in [0, 0.1) is 0 Å². The van der Waals surface area contributed by atoms with E-state index in [4.69, 9.17) is 4.74 Å². The van der Waals surface area contributed by atoms with E-state index >= 15 is 0 Å². The topological polar surface area (TPSA) is 81.7 Å². The molecule has 0 aliphatic carbocycles. The maximum Gasteiger partial charge on any atom is 0.328 e. The second-order valence-electron chi connectivity index (χ2n) is 6.72. The number of esters is 2. The Labute approximate surface area is 168 Å². The third-order valence-electron chi connectivity index (χ3n) is 4.90. The number of nitrogens with one attached hydrogen (secondary N) is 1. The number of carbonyl (C=O) groups is 3. The van der Waals surface area contributed by atoms with Gasteiger partial charge in [-0.25, -0.2) is 4.79 Å². The molecular weight excluding hydrogens is 370 g/mol. The number of hydrogen-bond acceptors (Lipinski definition) is 5. The number of benzene rings is 3. The molecule has 1 amide bonds. The Bertz CT molecular complexity index is 1010. The van der Waals surface area contributed by atoms with Gasteiger partial charge in [0.05, 0.1) is 20.6 Å². The predicted octanol–water partition coefficient (Wildman–Crippen LogP) is 3.15. The molecule has 3 aromatic rings. The summed E-state index contributed by atoms with van der Waals surface area (Å²) in [4.78, 5) is 36.0. The average molecular weight is 393 g/mol. The Morgan fingerprint density at radius 2 is 1.45 bits per heavy atom. The summed E-state index contributed by atoms with van der Waals surface area (Å²) in [6.07, 6.45) is 0.169. The van der Waals surface area contributed by atoms with E-state index in [1.165, 1.54) is 14.2 Å². The first-order chi connectivity index (χ1) is 14.0. The molecule has 0 aliphatic heterocycles. The molecule has 6 heteroatoms. The van der Waals surface area contributed by atoms with Gasteiger partial charge in [0, 0.05) is 12.8 Å². The van der Waals surface area contributed by atoms with Crippen LogP contribution in [0.1, 0.15) is 18.4 Å². The fourth-order valence-corrected chi connectivity index (χ4v) is 3.45. The van der Waals surface area contributed by atoms with Gasteiger partial charge in [-0.05, 0) is 33.2 Å². The fraction of sp³-hybridized carbons (Fsp3) is 0.261. The molecule has 1 N–H and O–H groups in total. The molecule has 0 radical (unpaired) electrons. The summed E-state index contributed by atoms with van der Waals surface area (Å²) in [5.74, 6) is -1.42. The lowest BCUT2D eigenvalue weighted by Crippen LogP contribution is -2.43. The van der Waals surface area contributed by atoms with Crippen LogP contribution in [-0.2, 0) is 30.3 Å². The predicted molar refractivity (Wildman–Crippen MR) is 110 cm³/mol. The van der Waals surface area contributed by atoms with Crippen LogP contribution in [0.3, 0.4) is 0 Å². The van der Waals surface area contributed by atoms with E-state index < -0.39 is 23.9 Å². The average Bonchev–Trinajstić information content (AvgIpc) is 2.75. The molecule has 0 unspecified atom stereocenters. The summed E-state index contributed by atoms with van der Waals surface area (Å²) >= 11 is 0. The summed E-state index contributed by atoms with van der Waals surface area (Å²) in [6.45, 7) is 0. The molecule has 0 saturated carbocycles. The number of hydrogen-bond donors (Lipinski definition) is 1. The van der Waals surface area contributed by atoms with Gasteiger partial charge >= 0.3 is 11.9 Å². The van der Waals surface area contributed by atoms with Crippen molar-refractivity contribution in [2.45, 2.75) is 25.3 Å². The van der Waals surface area contributed by atoms with Crippen LogP contribution in [0.4, 0.5) is 0 Å². The van der Waals surface area contributed by atoms with Crippen molar-refractivity contribution in [1.29, 1.82) is 0 Å². The highest BCUT2D eigenvalue weighted by molar-refractivity contribution is 6.02. The normalized spacial score (nSPS) is 11.8. The molecule has 150 valence electrons. The number of methoxy groups -OCH3 is 2. The van der Waals surface area contributed by atoms with Crippen LogP contribution >= 0.6 is 0 Å². The molecule has 1 atom stereocenters. The van der Waals surface area contributed by atoms with Crippen molar-refractivity contribution in [2.75, 3.05) is 14.2 Å². The standard InChI is InChI=1S/C23H23NO5/c1-28-22(26)12-11-21(25)24-20(23(27)29-2)14-19-17-9-5-3-7-15(17)13-16-8-4-6-10-18(16)19/h3-10,13,20H,11-12,14H2,1-2H3,(H,24,25)/t20-/m1/s1. The number of ether oxygens (including phenoxy) is 2. The van der Waals surface area contributed by atoms with Gasteiger partial charge in [-0.1, -0.05) is 48.5 Å². The van der Waals surface area contributed by atoms with Crippen molar-refractivity contribution in [3.05, 3.63) is 60.2 Å². The number of fused-ring (bicyclic) bond motifs is 2. The van der Waals surface area contributed by atoms with Crippen molar-refractivity contribution in [3.63, 3.8) is 0 Å². The van der Waals surface area contributed by atoms with E-state index in [1.54, 1.807) is 0 Å². The van der Waals surface area contributed by atoms with Gasteiger partial charge in [0.15, 0.2) is 0 Å². The minimum Gasteiger partial charge on any atom is -0.469 e. The molecular formula is C23H23NO5. The first-order valence-electron chi connectivity index (χ1n) is 9.37. The zero-order valence-electron chi connectivity index (χ0n) is 16.4.